The fourth-order valence-corrected chi connectivity index (χ4v) is 4.28. The van der Waals surface area contributed by atoms with Crippen LogP contribution in [0.25, 0.3) is 0 Å². The topological polar surface area (TPSA) is 43.7 Å². The van der Waals surface area contributed by atoms with Crippen LogP contribution in [0, 0.1) is 0 Å². The van der Waals surface area contributed by atoms with Crippen molar-refractivity contribution < 1.29 is 14.3 Å². The summed E-state index contributed by atoms with van der Waals surface area (Å²) in [7, 11) is 3.31. The number of hydrogen-bond acceptors (Lipinski definition) is 4. The van der Waals surface area contributed by atoms with Crippen molar-refractivity contribution in [3.63, 3.8) is 0 Å². The van der Waals surface area contributed by atoms with Crippen LogP contribution in [0.2, 0.25) is 0 Å². The van der Waals surface area contributed by atoms with E-state index in [0.29, 0.717) is 0 Å². The van der Waals surface area contributed by atoms with Gasteiger partial charge in [-0.05, 0) is 55.5 Å². The van der Waals surface area contributed by atoms with E-state index in [1.165, 1.54) is 0 Å². The maximum Gasteiger partial charge on any atom is 0.246 e. The smallest absolute Gasteiger partial charge is 0.246 e. The number of nitrogens with zero attached hydrogens (tertiary/aromatic N) is 2. The number of carbonyl (C=O) groups excluding carboxylic acids is 1. The average Bonchev–Trinajstić information content (AvgIpc) is 3.39. The third-order valence-corrected chi connectivity index (χ3v) is 5.85. The lowest BCUT2D eigenvalue weighted by Gasteiger charge is -2.30. The monoisotopic (exact) mass is 388 g/mol. The number of carbonyl (C=O) groups is 1. The van der Waals surface area contributed by atoms with Crippen LogP contribution in [0.15, 0.2) is 42.7 Å². The van der Waals surface area contributed by atoms with E-state index in [4.69, 9.17) is 9.47 Å². The van der Waals surface area contributed by atoms with Gasteiger partial charge in [0.2, 0.25) is 5.91 Å². The first-order valence-corrected chi connectivity index (χ1v) is 10.7. The van der Waals surface area contributed by atoms with Gasteiger partial charge in [0.05, 0.1) is 20.3 Å². The molecule has 0 bridgehead atoms. The van der Waals surface area contributed by atoms with Gasteiger partial charge in [-0.15, -0.1) is 0 Å². The summed E-state index contributed by atoms with van der Waals surface area (Å²) in [6.07, 6.45) is 8.85. The summed E-state index contributed by atoms with van der Waals surface area (Å²) in [6, 6.07) is 9.72. The second kappa shape index (κ2) is 9.22. The highest BCUT2D eigenvalue weighted by molar-refractivity contribution is 7.98. The molecule has 5 nitrogen and oxygen atoms in total. The third kappa shape index (κ3) is 4.26. The average molecular weight is 389 g/mol. The Balaban J connectivity index is 1.87. The van der Waals surface area contributed by atoms with Gasteiger partial charge in [0.25, 0.3) is 0 Å². The Hall–Kier alpha value is -2.08. The number of benzene rings is 1. The van der Waals surface area contributed by atoms with Crippen LogP contribution in [-0.4, -0.2) is 48.1 Å². The molecule has 6 heteroatoms. The quantitative estimate of drug-likeness (QED) is 0.681. The minimum absolute atomic E-state index is 0.0469. The minimum Gasteiger partial charge on any atom is -0.497 e. The SMILES string of the molecule is COc1ccc([C@@H]2CCCN2C(=O)[C@@H](CCSC)n2cccc2)c(OC)c1. The highest BCUT2D eigenvalue weighted by Gasteiger charge is 2.35. The Kier molecular flexibility index (Phi) is 6.72. The summed E-state index contributed by atoms with van der Waals surface area (Å²) < 4.78 is 13.0. The van der Waals surface area contributed by atoms with Gasteiger partial charge in [-0.2, -0.15) is 11.8 Å². The number of hydrogen-bond donors (Lipinski definition) is 0. The van der Waals surface area contributed by atoms with E-state index in [1.807, 2.05) is 52.2 Å². The van der Waals surface area contributed by atoms with Gasteiger partial charge in [-0.25, -0.2) is 0 Å². The fourth-order valence-electron chi connectivity index (χ4n) is 3.82. The van der Waals surface area contributed by atoms with Crippen molar-refractivity contribution in [1.29, 1.82) is 0 Å². The zero-order valence-electron chi connectivity index (χ0n) is 16.3. The van der Waals surface area contributed by atoms with E-state index in [0.717, 1.165) is 48.6 Å². The van der Waals surface area contributed by atoms with Crippen molar-refractivity contribution >= 4 is 17.7 Å². The number of rotatable bonds is 8. The molecule has 1 aliphatic rings. The number of ether oxygens (including phenoxy) is 2. The second-order valence-corrected chi connectivity index (χ2v) is 7.71. The summed E-state index contributed by atoms with van der Waals surface area (Å²) in [5, 5.41) is 0. The standard InChI is InChI=1S/C21H28N2O3S/c1-25-16-8-9-17(20(15-16)26-2)18-7-6-13-23(18)21(24)19(10-14-27-3)22-11-4-5-12-22/h4-5,8-9,11-12,15,18-19H,6-7,10,13-14H2,1-3H3/t18-,19+/m0/s1. The third-order valence-electron chi connectivity index (χ3n) is 5.20. The highest BCUT2D eigenvalue weighted by Crippen LogP contribution is 2.40. The van der Waals surface area contributed by atoms with Crippen LogP contribution in [-0.2, 0) is 4.79 Å². The number of aromatic nitrogens is 1. The predicted molar refractivity (Wildman–Crippen MR) is 110 cm³/mol. The molecule has 1 saturated heterocycles. The van der Waals surface area contributed by atoms with E-state index in [1.54, 1.807) is 26.0 Å². The maximum atomic E-state index is 13.5. The lowest BCUT2D eigenvalue weighted by molar-refractivity contribution is -0.135. The number of methoxy groups -OCH3 is 2. The lowest BCUT2D eigenvalue weighted by atomic mass is 10.0. The van der Waals surface area contributed by atoms with E-state index in [-0.39, 0.29) is 18.0 Å². The number of likely N-dealkylation sites (tertiary alicyclic amines) is 1. The molecule has 1 fully saturated rings. The van der Waals surface area contributed by atoms with Gasteiger partial charge >= 0.3 is 0 Å². The lowest BCUT2D eigenvalue weighted by Crippen LogP contribution is -2.37. The Morgan fingerprint density at radius 1 is 1.26 bits per heavy atom. The molecule has 1 aliphatic heterocycles. The summed E-state index contributed by atoms with van der Waals surface area (Å²) in [5.74, 6) is 2.69. The molecule has 0 aliphatic carbocycles. The Bertz CT molecular complexity index is 748. The van der Waals surface area contributed by atoms with E-state index < -0.39 is 0 Å². The number of amides is 1. The van der Waals surface area contributed by atoms with Crippen molar-refractivity contribution in [3.05, 3.63) is 48.3 Å². The first-order valence-electron chi connectivity index (χ1n) is 9.33. The van der Waals surface area contributed by atoms with Gasteiger partial charge in [0.15, 0.2) is 0 Å². The van der Waals surface area contributed by atoms with Crippen LogP contribution in [0.1, 0.15) is 36.9 Å². The molecule has 3 rings (SSSR count). The molecule has 0 unspecified atom stereocenters. The maximum absolute atomic E-state index is 13.5. The molecule has 2 aromatic rings. The molecule has 2 atom stereocenters. The Morgan fingerprint density at radius 3 is 2.70 bits per heavy atom. The zero-order chi connectivity index (χ0) is 19.2. The fraction of sp³-hybridized carbons (Fsp3) is 0.476. The minimum atomic E-state index is -0.155. The van der Waals surface area contributed by atoms with Crippen LogP contribution in [0.3, 0.4) is 0 Å². The molecule has 0 saturated carbocycles. The second-order valence-electron chi connectivity index (χ2n) is 6.73. The van der Waals surface area contributed by atoms with E-state index in [9.17, 15) is 4.79 Å². The van der Waals surface area contributed by atoms with Gasteiger partial charge < -0.3 is 18.9 Å². The van der Waals surface area contributed by atoms with Crippen molar-refractivity contribution in [3.8, 4) is 11.5 Å². The molecule has 0 radical (unpaired) electrons. The van der Waals surface area contributed by atoms with Gasteiger partial charge in [0, 0.05) is 30.6 Å². The van der Waals surface area contributed by atoms with Gasteiger partial charge in [-0.1, -0.05) is 0 Å². The molecule has 0 spiro atoms. The predicted octanol–water partition coefficient (Wildman–Crippen LogP) is 4.16. The summed E-state index contributed by atoms with van der Waals surface area (Å²) in [5.41, 5.74) is 1.06. The highest BCUT2D eigenvalue weighted by atomic mass is 32.2. The Labute approximate surface area is 165 Å². The normalized spacial score (nSPS) is 17.7. The zero-order valence-corrected chi connectivity index (χ0v) is 17.1. The first-order chi connectivity index (χ1) is 13.2. The van der Waals surface area contributed by atoms with Crippen molar-refractivity contribution in [1.82, 2.24) is 9.47 Å². The summed E-state index contributed by atoms with van der Waals surface area (Å²) in [4.78, 5) is 15.5. The van der Waals surface area contributed by atoms with Gasteiger partial charge in [0.1, 0.15) is 17.5 Å². The van der Waals surface area contributed by atoms with Crippen LogP contribution >= 0.6 is 11.8 Å². The van der Waals surface area contributed by atoms with Crippen LogP contribution < -0.4 is 9.47 Å². The molecule has 1 aromatic carbocycles. The molecule has 0 N–H and O–H groups in total. The van der Waals surface area contributed by atoms with Crippen molar-refractivity contribution in [2.24, 2.45) is 0 Å². The van der Waals surface area contributed by atoms with Crippen molar-refractivity contribution in [2.75, 3.05) is 32.8 Å². The van der Waals surface area contributed by atoms with Crippen LogP contribution in [0.4, 0.5) is 0 Å². The Morgan fingerprint density at radius 2 is 2.04 bits per heavy atom. The summed E-state index contributed by atoms with van der Waals surface area (Å²) in [6.45, 7) is 0.787. The number of thioether (sulfide) groups is 1. The van der Waals surface area contributed by atoms with E-state index >= 15 is 0 Å². The molecular weight excluding hydrogens is 360 g/mol. The van der Waals surface area contributed by atoms with Crippen molar-refractivity contribution in [2.45, 2.75) is 31.3 Å². The molecule has 27 heavy (non-hydrogen) atoms. The largest absolute Gasteiger partial charge is 0.497 e. The van der Waals surface area contributed by atoms with E-state index in [2.05, 4.69) is 6.26 Å². The summed E-state index contributed by atoms with van der Waals surface area (Å²) >= 11 is 1.78. The van der Waals surface area contributed by atoms with Crippen LogP contribution in [0.5, 0.6) is 11.5 Å². The molecular formula is C21H28N2O3S. The molecule has 1 aromatic heterocycles. The molecule has 1 amide bonds. The molecule has 2 heterocycles. The van der Waals surface area contributed by atoms with Gasteiger partial charge in [-0.3, -0.25) is 4.79 Å². The molecule has 146 valence electrons. The first kappa shape index (κ1) is 19.7.